The fourth-order valence-corrected chi connectivity index (χ4v) is 3.15. The number of hydrogen-bond acceptors (Lipinski definition) is 4. The van der Waals surface area contributed by atoms with E-state index in [9.17, 15) is 9.90 Å². The van der Waals surface area contributed by atoms with Gasteiger partial charge in [-0.15, -0.1) is 5.10 Å². The second-order valence-corrected chi connectivity index (χ2v) is 5.44. The third-order valence-electron chi connectivity index (χ3n) is 3.01. The van der Waals surface area contributed by atoms with Crippen molar-refractivity contribution >= 4 is 11.8 Å². The minimum absolute atomic E-state index is 0.163. The Bertz CT molecular complexity index is 401. The monoisotopic (exact) mass is 243 g/mol. The van der Waals surface area contributed by atoms with Crippen molar-refractivity contribution in [1.82, 2.24) is 14.8 Å². The predicted octanol–water partition coefficient (Wildman–Crippen LogP) is 0.894. The predicted molar refractivity (Wildman–Crippen MR) is 62.6 cm³/mol. The number of aliphatic hydroxyl groups excluding tert-OH is 1. The average Bonchev–Trinajstić information content (AvgIpc) is 2.48. The average molecular weight is 243 g/mol. The molecule has 0 saturated heterocycles. The Morgan fingerprint density at radius 3 is 2.88 bits per heavy atom. The van der Waals surface area contributed by atoms with E-state index in [-0.39, 0.29) is 17.0 Å². The molecule has 16 heavy (non-hydrogen) atoms. The molecule has 6 heteroatoms. The lowest BCUT2D eigenvalue weighted by Crippen LogP contribution is -2.22. The van der Waals surface area contributed by atoms with Gasteiger partial charge in [-0.25, -0.2) is 9.89 Å². The van der Waals surface area contributed by atoms with Gasteiger partial charge in [-0.2, -0.15) is 0 Å². The summed E-state index contributed by atoms with van der Waals surface area (Å²) in [6, 6.07) is 0. The Labute approximate surface area is 98.3 Å². The highest BCUT2D eigenvalue weighted by Gasteiger charge is 2.24. The van der Waals surface area contributed by atoms with E-state index in [0.717, 1.165) is 25.7 Å². The molecule has 1 fully saturated rings. The highest BCUT2D eigenvalue weighted by molar-refractivity contribution is 7.99. The molecule has 1 aliphatic rings. The lowest BCUT2D eigenvalue weighted by molar-refractivity contribution is 0.163. The minimum Gasteiger partial charge on any atom is -0.392 e. The first-order valence-electron chi connectivity index (χ1n) is 5.64. The third-order valence-corrected chi connectivity index (χ3v) is 4.44. The molecule has 0 amide bonds. The topological polar surface area (TPSA) is 70.9 Å². The van der Waals surface area contributed by atoms with E-state index in [1.54, 1.807) is 7.05 Å². The Morgan fingerprint density at radius 2 is 2.19 bits per heavy atom. The molecule has 1 aromatic heterocycles. The van der Waals surface area contributed by atoms with E-state index in [1.165, 1.54) is 22.7 Å². The second kappa shape index (κ2) is 5.05. The normalized spacial score (nSPS) is 26.6. The number of thioether (sulfide) groups is 1. The molecule has 1 saturated carbocycles. The summed E-state index contributed by atoms with van der Waals surface area (Å²) < 4.78 is 1.49. The molecule has 1 aromatic rings. The van der Waals surface area contributed by atoms with Crippen LogP contribution in [0, 0.1) is 0 Å². The molecule has 0 spiro atoms. The van der Waals surface area contributed by atoms with Gasteiger partial charge in [0.2, 0.25) is 0 Å². The second-order valence-electron chi connectivity index (χ2n) is 4.23. The molecular weight excluding hydrogens is 226 g/mol. The van der Waals surface area contributed by atoms with E-state index in [4.69, 9.17) is 0 Å². The first-order chi connectivity index (χ1) is 7.68. The standard InChI is InChI=1S/C10H17N3O2S/c1-13-9(15)11-12-10(13)16-8-6-4-2-3-5-7(8)14/h7-8,14H,2-6H2,1H3,(H,11,15). The first-order valence-corrected chi connectivity index (χ1v) is 6.52. The van der Waals surface area contributed by atoms with Crippen molar-refractivity contribution in [3.05, 3.63) is 10.5 Å². The Hall–Kier alpha value is -0.750. The summed E-state index contributed by atoms with van der Waals surface area (Å²) in [5, 5.41) is 17.2. The van der Waals surface area contributed by atoms with E-state index in [2.05, 4.69) is 10.2 Å². The van der Waals surface area contributed by atoms with E-state index in [0.29, 0.717) is 5.16 Å². The van der Waals surface area contributed by atoms with Crippen LogP contribution in [0.25, 0.3) is 0 Å². The van der Waals surface area contributed by atoms with E-state index < -0.39 is 0 Å². The number of nitrogens with zero attached hydrogens (tertiary/aromatic N) is 2. The maximum absolute atomic E-state index is 11.2. The number of aliphatic hydroxyl groups is 1. The zero-order chi connectivity index (χ0) is 11.5. The van der Waals surface area contributed by atoms with Crippen LogP contribution in [0.3, 0.4) is 0 Å². The van der Waals surface area contributed by atoms with Gasteiger partial charge in [0.1, 0.15) is 0 Å². The molecule has 0 aliphatic heterocycles. The quantitative estimate of drug-likeness (QED) is 0.757. The van der Waals surface area contributed by atoms with Crippen LogP contribution >= 0.6 is 11.8 Å². The van der Waals surface area contributed by atoms with Crippen molar-refractivity contribution < 1.29 is 5.11 Å². The molecule has 1 heterocycles. The molecule has 2 atom stereocenters. The smallest absolute Gasteiger partial charge is 0.343 e. The summed E-state index contributed by atoms with van der Waals surface area (Å²) >= 11 is 1.50. The number of H-pyrrole nitrogens is 1. The van der Waals surface area contributed by atoms with Crippen molar-refractivity contribution in [3.63, 3.8) is 0 Å². The lowest BCUT2D eigenvalue weighted by Gasteiger charge is -2.18. The van der Waals surface area contributed by atoms with Gasteiger partial charge in [0.25, 0.3) is 0 Å². The summed E-state index contributed by atoms with van der Waals surface area (Å²) in [6.07, 6.45) is 5.00. The minimum atomic E-state index is -0.278. The molecule has 90 valence electrons. The summed E-state index contributed by atoms with van der Waals surface area (Å²) in [5.41, 5.74) is -0.203. The first kappa shape index (κ1) is 11.7. The number of rotatable bonds is 2. The van der Waals surface area contributed by atoms with Gasteiger partial charge in [-0.3, -0.25) is 4.57 Å². The van der Waals surface area contributed by atoms with E-state index in [1.807, 2.05) is 0 Å². The van der Waals surface area contributed by atoms with Crippen LogP contribution in [0.1, 0.15) is 32.1 Å². The maximum atomic E-state index is 11.2. The Morgan fingerprint density at radius 1 is 1.44 bits per heavy atom. The van der Waals surface area contributed by atoms with Crippen molar-refractivity contribution in [3.8, 4) is 0 Å². The number of aromatic amines is 1. The van der Waals surface area contributed by atoms with Crippen LogP contribution < -0.4 is 5.69 Å². The molecule has 2 N–H and O–H groups in total. The highest BCUT2D eigenvalue weighted by Crippen LogP contribution is 2.31. The molecule has 0 aromatic carbocycles. The molecule has 2 unspecified atom stereocenters. The van der Waals surface area contributed by atoms with Crippen LogP contribution in [-0.4, -0.2) is 31.2 Å². The van der Waals surface area contributed by atoms with Gasteiger partial charge in [-0.1, -0.05) is 31.0 Å². The Balaban J connectivity index is 2.07. The largest absolute Gasteiger partial charge is 0.392 e. The van der Waals surface area contributed by atoms with Crippen LogP contribution in [0.2, 0.25) is 0 Å². The summed E-state index contributed by atoms with van der Waals surface area (Å²) in [6.45, 7) is 0. The zero-order valence-electron chi connectivity index (χ0n) is 9.35. The van der Waals surface area contributed by atoms with Crippen LogP contribution in [0.5, 0.6) is 0 Å². The fraction of sp³-hybridized carbons (Fsp3) is 0.800. The van der Waals surface area contributed by atoms with Crippen LogP contribution in [0.4, 0.5) is 0 Å². The number of aromatic nitrogens is 3. The molecule has 0 radical (unpaired) electrons. The Kier molecular flexibility index (Phi) is 3.70. The zero-order valence-corrected chi connectivity index (χ0v) is 10.2. The molecule has 0 bridgehead atoms. The van der Waals surface area contributed by atoms with Crippen molar-refractivity contribution in [2.24, 2.45) is 7.05 Å². The van der Waals surface area contributed by atoms with Crippen LogP contribution in [-0.2, 0) is 7.05 Å². The summed E-state index contributed by atoms with van der Waals surface area (Å²) in [7, 11) is 1.69. The fourth-order valence-electron chi connectivity index (χ4n) is 1.96. The van der Waals surface area contributed by atoms with Crippen molar-refractivity contribution in [2.75, 3.05) is 0 Å². The van der Waals surface area contributed by atoms with Gasteiger partial charge < -0.3 is 5.11 Å². The lowest BCUT2D eigenvalue weighted by atomic mass is 10.1. The third kappa shape index (κ3) is 2.49. The maximum Gasteiger partial charge on any atom is 0.343 e. The molecule has 1 aliphatic carbocycles. The van der Waals surface area contributed by atoms with Crippen LogP contribution in [0.15, 0.2) is 9.95 Å². The van der Waals surface area contributed by atoms with Gasteiger partial charge in [0.05, 0.1) is 6.10 Å². The summed E-state index contributed by atoms with van der Waals surface area (Å²) in [5.74, 6) is 0. The molecule has 5 nitrogen and oxygen atoms in total. The SMILES string of the molecule is Cn1c(SC2CCCCCC2O)n[nH]c1=O. The summed E-state index contributed by atoms with van der Waals surface area (Å²) in [4.78, 5) is 11.2. The van der Waals surface area contributed by atoms with Gasteiger partial charge in [-0.05, 0) is 12.8 Å². The van der Waals surface area contributed by atoms with Gasteiger partial charge in [0.15, 0.2) is 5.16 Å². The highest BCUT2D eigenvalue weighted by atomic mass is 32.2. The van der Waals surface area contributed by atoms with Crippen molar-refractivity contribution in [1.29, 1.82) is 0 Å². The molecule has 2 rings (SSSR count). The number of nitrogens with one attached hydrogen (secondary N) is 1. The van der Waals surface area contributed by atoms with Gasteiger partial charge >= 0.3 is 5.69 Å². The van der Waals surface area contributed by atoms with Crippen molar-refractivity contribution in [2.45, 2.75) is 48.6 Å². The number of hydrogen-bond donors (Lipinski definition) is 2. The molecular formula is C10H17N3O2S. The van der Waals surface area contributed by atoms with E-state index >= 15 is 0 Å². The van der Waals surface area contributed by atoms with Gasteiger partial charge in [0, 0.05) is 12.3 Å².